The molecule has 9 heteroatoms. The summed E-state index contributed by atoms with van der Waals surface area (Å²) in [5.41, 5.74) is -3.02. The van der Waals surface area contributed by atoms with Crippen molar-refractivity contribution in [1.29, 1.82) is 0 Å². The van der Waals surface area contributed by atoms with Crippen LogP contribution in [0.15, 0.2) is 0 Å². The molecule has 9 nitrogen and oxygen atoms in total. The molecule has 2 fully saturated rings. The maximum absolute atomic E-state index is 12.0. The van der Waals surface area contributed by atoms with E-state index in [9.17, 15) is 25.2 Å². The Bertz CT molecular complexity index is 490. The molecule has 0 spiro atoms. The highest BCUT2D eigenvalue weighted by Gasteiger charge is 2.64. The predicted molar refractivity (Wildman–Crippen MR) is 81.0 cm³/mol. The maximum Gasteiger partial charge on any atom is 0.408 e. The Balaban J connectivity index is 2.26. The number of rotatable bonds is 2. The summed E-state index contributed by atoms with van der Waals surface area (Å²) in [6.07, 6.45) is -5.95. The number of ether oxygens (including phenoxy) is 3. The van der Waals surface area contributed by atoms with E-state index in [0.29, 0.717) is 0 Å². The van der Waals surface area contributed by atoms with Crippen LogP contribution in [0.3, 0.4) is 0 Å². The topological polar surface area (TPSA) is 138 Å². The van der Waals surface area contributed by atoms with Gasteiger partial charge < -0.3 is 40.0 Å². The second kappa shape index (κ2) is 6.08. The first-order chi connectivity index (χ1) is 10.8. The lowest BCUT2D eigenvalue weighted by atomic mass is 9.73. The van der Waals surface area contributed by atoms with Gasteiger partial charge in [0.15, 0.2) is 5.79 Å². The van der Waals surface area contributed by atoms with Gasteiger partial charge in [-0.25, -0.2) is 4.79 Å². The molecule has 1 aliphatic carbocycles. The van der Waals surface area contributed by atoms with E-state index in [2.05, 4.69) is 5.32 Å². The van der Waals surface area contributed by atoms with Gasteiger partial charge in [-0.1, -0.05) is 0 Å². The molecule has 1 amide bonds. The van der Waals surface area contributed by atoms with Crippen molar-refractivity contribution in [3.05, 3.63) is 0 Å². The smallest absolute Gasteiger partial charge is 0.408 e. The Morgan fingerprint density at radius 2 is 1.75 bits per heavy atom. The molecule has 1 aliphatic heterocycles. The van der Waals surface area contributed by atoms with Gasteiger partial charge in [0, 0.05) is 0 Å². The number of alkyl carbamates (subject to hydrolysis) is 1. The largest absolute Gasteiger partial charge is 0.444 e. The molecule has 24 heavy (non-hydrogen) atoms. The van der Waals surface area contributed by atoms with Gasteiger partial charge in [0.05, 0.1) is 12.6 Å². The van der Waals surface area contributed by atoms with Crippen molar-refractivity contribution in [3.8, 4) is 0 Å². The lowest BCUT2D eigenvalue weighted by molar-refractivity contribution is -0.218. The van der Waals surface area contributed by atoms with Gasteiger partial charge in [0.1, 0.15) is 35.6 Å². The lowest BCUT2D eigenvalue weighted by Gasteiger charge is -2.48. The van der Waals surface area contributed by atoms with E-state index in [4.69, 9.17) is 14.2 Å². The van der Waals surface area contributed by atoms with Crippen molar-refractivity contribution >= 4 is 6.09 Å². The molecule has 0 unspecified atom stereocenters. The molecule has 2 aliphatic rings. The fraction of sp³-hybridized carbons (Fsp3) is 0.933. The monoisotopic (exact) mass is 349 g/mol. The quantitative estimate of drug-likeness (QED) is 0.422. The Hall–Kier alpha value is -0.970. The summed E-state index contributed by atoms with van der Waals surface area (Å²) in [6.45, 7) is 7.26. The molecule has 140 valence electrons. The molecular weight excluding hydrogens is 322 g/mol. The average Bonchev–Trinajstić information content (AvgIpc) is 2.75. The number of carbonyl (C=O) groups excluding carboxylic acids is 1. The number of fused-ring (bicyclic) bond motifs is 1. The second-order valence-electron chi connectivity index (χ2n) is 7.77. The second-order valence-corrected chi connectivity index (χ2v) is 7.77. The van der Waals surface area contributed by atoms with Crippen molar-refractivity contribution < 1.29 is 39.4 Å². The lowest BCUT2D eigenvalue weighted by Crippen LogP contribution is -2.75. The number of hydrogen-bond acceptors (Lipinski definition) is 8. The molecule has 0 aromatic carbocycles. The van der Waals surface area contributed by atoms with Crippen LogP contribution in [-0.4, -0.2) is 80.6 Å². The van der Waals surface area contributed by atoms with E-state index in [1.807, 2.05) is 0 Å². The normalized spacial score (nSPS) is 41.6. The Morgan fingerprint density at radius 1 is 1.21 bits per heavy atom. The van der Waals surface area contributed by atoms with Gasteiger partial charge in [0.2, 0.25) is 0 Å². The summed E-state index contributed by atoms with van der Waals surface area (Å²) in [6, 6.07) is -1.41. The van der Waals surface area contributed by atoms with Gasteiger partial charge in [-0.3, -0.25) is 0 Å². The van der Waals surface area contributed by atoms with Crippen LogP contribution in [0.25, 0.3) is 0 Å². The SMILES string of the molecule is CC(C)(C)OC(=O)N[C@H]1[C@H](O)[C@H]2OC(C)(C)O[C@H]2[C@H](O)[C@@]1(O)CO. The highest BCUT2D eigenvalue weighted by molar-refractivity contribution is 5.68. The highest BCUT2D eigenvalue weighted by atomic mass is 16.8. The van der Waals surface area contributed by atoms with Gasteiger partial charge in [-0.15, -0.1) is 0 Å². The number of nitrogens with one attached hydrogen (secondary N) is 1. The van der Waals surface area contributed by atoms with Gasteiger partial charge in [-0.2, -0.15) is 0 Å². The third-order valence-electron chi connectivity index (χ3n) is 4.13. The molecule has 0 aromatic heterocycles. The van der Waals surface area contributed by atoms with Crippen molar-refractivity contribution in [2.24, 2.45) is 0 Å². The first-order valence-electron chi connectivity index (χ1n) is 7.85. The van der Waals surface area contributed by atoms with Crippen LogP contribution in [0.5, 0.6) is 0 Å². The molecule has 2 rings (SSSR count). The Labute approximate surface area is 140 Å². The standard InChI is InChI=1S/C15H27NO8/c1-13(2,3)24-12(20)16-10-7(18)8-9(23-14(4,5)22-8)11(19)15(10,21)6-17/h7-11,17-19,21H,6H2,1-5H3,(H,16,20)/t7-,8-,9-,10+,11+,15-/m1/s1. The molecule has 1 saturated heterocycles. The number of amides is 1. The third-order valence-corrected chi connectivity index (χ3v) is 4.13. The predicted octanol–water partition coefficient (Wildman–Crippen LogP) is -1.14. The van der Waals surface area contributed by atoms with Gasteiger partial charge in [0.25, 0.3) is 0 Å². The molecule has 5 N–H and O–H groups in total. The molecule has 1 heterocycles. The highest BCUT2D eigenvalue weighted by Crippen LogP contribution is 2.41. The summed E-state index contributed by atoms with van der Waals surface area (Å²) in [5.74, 6) is -1.09. The summed E-state index contributed by atoms with van der Waals surface area (Å²) in [5, 5.41) is 43.6. The fourth-order valence-electron chi connectivity index (χ4n) is 3.12. The average molecular weight is 349 g/mol. The minimum atomic E-state index is -2.22. The number of aliphatic hydroxyl groups excluding tert-OH is 3. The molecule has 0 aromatic rings. The van der Waals surface area contributed by atoms with E-state index in [1.165, 1.54) is 0 Å². The zero-order valence-corrected chi connectivity index (χ0v) is 14.5. The summed E-state index contributed by atoms with van der Waals surface area (Å²) < 4.78 is 16.2. The van der Waals surface area contributed by atoms with Crippen LogP contribution in [0, 0.1) is 0 Å². The zero-order valence-electron chi connectivity index (χ0n) is 14.5. The molecule has 0 radical (unpaired) electrons. The maximum atomic E-state index is 12.0. The Morgan fingerprint density at radius 3 is 2.25 bits per heavy atom. The van der Waals surface area contributed by atoms with Crippen LogP contribution < -0.4 is 5.32 Å². The van der Waals surface area contributed by atoms with Gasteiger partial charge >= 0.3 is 6.09 Å². The number of hydrogen-bond donors (Lipinski definition) is 5. The van der Waals surface area contributed by atoms with E-state index >= 15 is 0 Å². The fourth-order valence-corrected chi connectivity index (χ4v) is 3.12. The van der Waals surface area contributed by atoms with Crippen LogP contribution in [0.4, 0.5) is 4.79 Å². The Kier molecular flexibility index (Phi) is 4.90. The van der Waals surface area contributed by atoms with Crippen LogP contribution in [-0.2, 0) is 14.2 Å². The summed E-state index contributed by atoms with van der Waals surface area (Å²) in [4.78, 5) is 12.0. The summed E-state index contributed by atoms with van der Waals surface area (Å²) in [7, 11) is 0. The molecule has 0 bridgehead atoms. The molecule has 6 atom stereocenters. The third kappa shape index (κ3) is 3.51. The summed E-state index contributed by atoms with van der Waals surface area (Å²) >= 11 is 0. The molecular formula is C15H27NO8. The van der Waals surface area contributed by atoms with Crippen molar-refractivity contribution in [3.63, 3.8) is 0 Å². The van der Waals surface area contributed by atoms with E-state index in [0.717, 1.165) is 0 Å². The van der Waals surface area contributed by atoms with E-state index in [1.54, 1.807) is 34.6 Å². The van der Waals surface area contributed by atoms with Crippen molar-refractivity contribution in [2.75, 3.05) is 6.61 Å². The van der Waals surface area contributed by atoms with Crippen LogP contribution >= 0.6 is 0 Å². The first kappa shape index (κ1) is 19.4. The van der Waals surface area contributed by atoms with E-state index < -0.39 is 60.1 Å². The van der Waals surface area contributed by atoms with Crippen LogP contribution in [0.2, 0.25) is 0 Å². The van der Waals surface area contributed by atoms with E-state index in [-0.39, 0.29) is 0 Å². The van der Waals surface area contributed by atoms with Gasteiger partial charge in [-0.05, 0) is 34.6 Å². The zero-order chi connectivity index (χ0) is 18.5. The number of aliphatic hydroxyl groups is 4. The first-order valence-corrected chi connectivity index (χ1v) is 7.85. The van der Waals surface area contributed by atoms with Crippen LogP contribution in [0.1, 0.15) is 34.6 Å². The van der Waals surface area contributed by atoms with Crippen molar-refractivity contribution in [1.82, 2.24) is 5.32 Å². The minimum Gasteiger partial charge on any atom is -0.444 e. The van der Waals surface area contributed by atoms with Crippen molar-refractivity contribution in [2.45, 2.75) is 82.1 Å². The number of carbonyl (C=O) groups is 1. The molecule has 1 saturated carbocycles. The minimum absolute atomic E-state index is 0.794.